The fourth-order valence-corrected chi connectivity index (χ4v) is 3.48. The molecule has 3 heteroatoms. The summed E-state index contributed by atoms with van der Waals surface area (Å²) in [6, 6.07) is 8.37. The van der Waals surface area contributed by atoms with Crippen LogP contribution in [0.25, 0.3) is 11.0 Å². The van der Waals surface area contributed by atoms with E-state index in [0.717, 1.165) is 49.9 Å². The van der Waals surface area contributed by atoms with Crippen LogP contribution in [0.2, 0.25) is 0 Å². The van der Waals surface area contributed by atoms with E-state index >= 15 is 0 Å². The molecule has 3 rings (SSSR count). The van der Waals surface area contributed by atoms with E-state index in [-0.39, 0.29) is 12.0 Å². The van der Waals surface area contributed by atoms with E-state index in [9.17, 15) is 5.11 Å². The van der Waals surface area contributed by atoms with Crippen molar-refractivity contribution in [1.29, 1.82) is 0 Å². The Morgan fingerprint density at radius 3 is 3.10 bits per heavy atom. The van der Waals surface area contributed by atoms with Crippen LogP contribution in [0, 0.1) is 5.41 Å². The van der Waals surface area contributed by atoms with E-state index in [1.165, 1.54) is 5.56 Å². The Labute approximate surface area is 125 Å². The van der Waals surface area contributed by atoms with Gasteiger partial charge in [-0.05, 0) is 49.6 Å². The number of aliphatic hydroxyl groups excluding tert-OH is 1. The van der Waals surface area contributed by atoms with Gasteiger partial charge in [-0.1, -0.05) is 12.1 Å². The molecule has 1 atom stereocenters. The summed E-state index contributed by atoms with van der Waals surface area (Å²) in [6.45, 7) is 7.06. The average Bonchev–Trinajstić information content (AvgIpc) is 2.95. The summed E-state index contributed by atoms with van der Waals surface area (Å²) in [4.78, 5) is 2.45. The maximum Gasteiger partial charge on any atom is 0.133 e. The zero-order valence-electron chi connectivity index (χ0n) is 12.4. The Hall–Kier alpha value is -1.58. The van der Waals surface area contributed by atoms with Gasteiger partial charge in [0.05, 0.1) is 12.9 Å². The first-order chi connectivity index (χ1) is 10.2. The minimum Gasteiger partial charge on any atom is -0.464 e. The lowest BCUT2D eigenvalue weighted by molar-refractivity contribution is 0.0309. The summed E-state index contributed by atoms with van der Waals surface area (Å²) in [7, 11) is 0. The predicted molar refractivity (Wildman–Crippen MR) is 85.1 cm³/mol. The van der Waals surface area contributed by atoms with Gasteiger partial charge in [-0.2, -0.15) is 0 Å². The SMILES string of the molecule is C=CCC1(CO)CCCN(Cc2ccc3occc3c2)C1. The Morgan fingerprint density at radius 2 is 2.29 bits per heavy atom. The molecule has 0 amide bonds. The predicted octanol–water partition coefficient (Wildman–Crippen LogP) is 3.58. The van der Waals surface area contributed by atoms with Crippen molar-refractivity contribution in [2.24, 2.45) is 5.41 Å². The standard InChI is InChI=1S/C18H23NO2/c1-2-7-18(14-20)8-3-9-19(13-18)12-15-4-5-17-16(11-15)6-10-21-17/h2,4-6,10-11,20H,1,3,7-9,12-14H2. The summed E-state index contributed by atoms with van der Waals surface area (Å²) in [5, 5.41) is 10.9. The molecule has 1 aromatic heterocycles. The van der Waals surface area contributed by atoms with Crippen molar-refractivity contribution in [3.8, 4) is 0 Å². The highest BCUT2D eigenvalue weighted by molar-refractivity contribution is 5.77. The van der Waals surface area contributed by atoms with Crippen LogP contribution in [0.4, 0.5) is 0 Å². The number of likely N-dealkylation sites (tertiary alicyclic amines) is 1. The fourth-order valence-electron chi connectivity index (χ4n) is 3.48. The van der Waals surface area contributed by atoms with Crippen molar-refractivity contribution < 1.29 is 9.52 Å². The Morgan fingerprint density at radius 1 is 1.38 bits per heavy atom. The molecule has 21 heavy (non-hydrogen) atoms. The Bertz CT molecular complexity index is 618. The van der Waals surface area contributed by atoms with Gasteiger partial charge in [0.25, 0.3) is 0 Å². The van der Waals surface area contributed by atoms with Crippen LogP contribution in [-0.4, -0.2) is 29.7 Å². The zero-order chi connectivity index (χ0) is 14.7. The van der Waals surface area contributed by atoms with Crippen molar-refractivity contribution in [2.75, 3.05) is 19.7 Å². The molecule has 1 fully saturated rings. The van der Waals surface area contributed by atoms with Gasteiger partial charge in [-0.25, -0.2) is 0 Å². The molecule has 1 aliphatic rings. The van der Waals surface area contributed by atoms with Crippen LogP contribution < -0.4 is 0 Å². The van der Waals surface area contributed by atoms with Crippen LogP contribution in [0.3, 0.4) is 0 Å². The number of benzene rings is 1. The van der Waals surface area contributed by atoms with Gasteiger partial charge in [-0.15, -0.1) is 6.58 Å². The maximum atomic E-state index is 9.78. The number of hydrogen-bond acceptors (Lipinski definition) is 3. The molecule has 0 bridgehead atoms. The molecular weight excluding hydrogens is 262 g/mol. The topological polar surface area (TPSA) is 36.6 Å². The van der Waals surface area contributed by atoms with E-state index in [1.807, 2.05) is 18.2 Å². The normalized spacial score (nSPS) is 23.5. The third kappa shape index (κ3) is 3.04. The lowest BCUT2D eigenvalue weighted by Gasteiger charge is -2.41. The molecule has 1 unspecified atom stereocenters. The van der Waals surface area contributed by atoms with Crippen LogP contribution >= 0.6 is 0 Å². The quantitative estimate of drug-likeness (QED) is 0.853. The fraction of sp³-hybridized carbons (Fsp3) is 0.444. The average molecular weight is 285 g/mol. The highest BCUT2D eigenvalue weighted by Gasteiger charge is 2.33. The van der Waals surface area contributed by atoms with Gasteiger partial charge < -0.3 is 9.52 Å². The number of aliphatic hydroxyl groups is 1. The van der Waals surface area contributed by atoms with Crippen LogP contribution in [0.1, 0.15) is 24.8 Å². The first-order valence-corrected chi connectivity index (χ1v) is 7.65. The third-order valence-corrected chi connectivity index (χ3v) is 4.58. The zero-order valence-corrected chi connectivity index (χ0v) is 12.4. The summed E-state index contributed by atoms with van der Waals surface area (Å²) < 4.78 is 5.39. The second kappa shape index (κ2) is 6.04. The molecule has 3 nitrogen and oxygen atoms in total. The number of furan rings is 1. The summed E-state index contributed by atoms with van der Waals surface area (Å²) in [6.07, 6.45) is 6.80. The van der Waals surface area contributed by atoms with Gasteiger partial charge in [0, 0.05) is 23.9 Å². The minimum atomic E-state index is -0.000256. The second-order valence-corrected chi connectivity index (χ2v) is 6.26. The van der Waals surface area contributed by atoms with Crippen LogP contribution in [0.15, 0.2) is 47.6 Å². The molecule has 0 aliphatic carbocycles. The molecule has 1 N–H and O–H groups in total. The monoisotopic (exact) mass is 285 g/mol. The molecule has 0 saturated carbocycles. The van der Waals surface area contributed by atoms with Gasteiger partial charge in [0.2, 0.25) is 0 Å². The first kappa shape index (κ1) is 14.4. The van der Waals surface area contributed by atoms with Crippen molar-refractivity contribution in [1.82, 2.24) is 4.90 Å². The maximum absolute atomic E-state index is 9.78. The third-order valence-electron chi connectivity index (χ3n) is 4.58. The first-order valence-electron chi connectivity index (χ1n) is 7.65. The number of fused-ring (bicyclic) bond motifs is 1. The van der Waals surface area contributed by atoms with Crippen molar-refractivity contribution >= 4 is 11.0 Å². The van der Waals surface area contributed by atoms with E-state index in [0.29, 0.717) is 0 Å². The number of nitrogens with zero attached hydrogens (tertiary/aromatic N) is 1. The van der Waals surface area contributed by atoms with Gasteiger partial charge in [0.15, 0.2) is 0 Å². The second-order valence-electron chi connectivity index (χ2n) is 6.26. The number of allylic oxidation sites excluding steroid dienone is 1. The number of rotatable bonds is 5. The molecule has 1 saturated heterocycles. The molecular formula is C18H23NO2. The van der Waals surface area contributed by atoms with Crippen LogP contribution in [0.5, 0.6) is 0 Å². The largest absolute Gasteiger partial charge is 0.464 e. The van der Waals surface area contributed by atoms with Crippen molar-refractivity contribution in [3.05, 3.63) is 48.7 Å². The molecule has 2 aromatic rings. The summed E-state index contributed by atoms with van der Waals surface area (Å²) in [5.41, 5.74) is 2.24. The molecule has 2 heterocycles. The van der Waals surface area contributed by atoms with Crippen molar-refractivity contribution in [2.45, 2.75) is 25.8 Å². The van der Waals surface area contributed by atoms with Crippen LogP contribution in [-0.2, 0) is 6.54 Å². The van der Waals surface area contributed by atoms with E-state index < -0.39 is 0 Å². The summed E-state index contributed by atoms with van der Waals surface area (Å²) >= 11 is 0. The molecule has 1 aliphatic heterocycles. The molecule has 1 aromatic carbocycles. The van der Waals surface area contributed by atoms with Gasteiger partial charge >= 0.3 is 0 Å². The highest BCUT2D eigenvalue weighted by Crippen LogP contribution is 2.34. The van der Waals surface area contributed by atoms with E-state index in [1.54, 1.807) is 6.26 Å². The minimum absolute atomic E-state index is 0.000256. The van der Waals surface area contributed by atoms with E-state index in [4.69, 9.17) is 4.42 Å². The highest BCUT2D eigenvalue weighted by atomic mass is 16.3. The molecule has 112 valence electrons. The number of piperidine rings is 1. The Kier molecular flexibility index (Phi) is 4.13. The molecule has 0 radical (unpaired) electrons. The lowest BCUT2D eigenvalue weighted by Crippen LogP contribution is -2.44. The van der Waals surface area contributed by atoms with Crippen molar-refractivity contribution in [3.63, 3.8) is 0 Å². The van der Waals surface area contributed by atoms with Gasteiger partial charge in [-0.3, -0.25) is 4.90 Å². The smallest absolute Gasteiger partial charge is 0.133 e. The Balaban J connectivity index is 1.72. The number of hydrogen-bond donors (Lipinski definition) is 1. The lowest BCUT2D eigenvalue weighted by atomic mass is 9.78. The molecule has 0 spiro atoms. The van der Waals surface area contributed by atoms with E-state index in [2.05, 4.69) is 23.6 Å². The summed E-state index contributed by atoms with van der Waals surface area (Å²) in [5.74, 6) is 0. The van der Waals surface area contributed by atoms with Gasteiger partial charge in [0.1, 0.15) is 5.58 Å².